The Kier molecular flexibility index (Phi) is 6.97. The zero-order valence-corrected chi connectivity index (χ0v) is 14.1. The molecule has 0 spiro atoms. The second kappa shape index (κ2) is 9.22. The SMILES string of the molecule is COC(=O)c1ccc(NC2CCNC2)cc1.Sc1ccccc1. The maximum Gasteiger partial charge on any atom is 0.337 e. The van der Waals surface area contributed by atoms with Crippen LogP contribution < -0.4 is 10.6 Å². The molecule has 1 unspecified atom stereocenters. The molecular formula is C18H22N2O2S. The Bertz CT molecular complexity index is 596. The van der Waals surface area contributed by atoms with Gasteiger partial charge in [-0.15, -0.1) is 12.6 Å². The normalized spacial score (nSPS) is 16.2. The number of nitrogens with one attached hydrogen (secondary N) is 2. The number of ether oxygens (including phenoxy) is 1. The summed E-state index contributed by atoms with van der Waals surface area (Å²) in [5.41, 5.74) is 1.62. The molecule has 5 heteroatoms. The van der Waals surface area contributed by atoms with Gasteiger partial charge >= 0.3 is 5.97 Å². The maximum atomic E-state index is 11.2. The standard InChI is InChI=1S/C12H16N2O2.C6H6S/c1-16-12(15)9-2-4-10(5-3-9)14-11-6-7-13-8-11;7-6-4-2-1-3-5-6/h2-5,11,13-14H,6-8H2,1H3;1-5,7H. The van der Waals surface area contributed by atoms with Crippen molar-refractivity contribution in [3.63, 3.8) is 0 Å². The van der Waals surface area contributed by atoms with Crippen LogP contribution in [-0.2, 0) is 4.74 Å². The Labute approximate surface area is 142 Å². The number of carbonyl (C=O) groups excluding carboxylic acids is 1. The van der Waals surface area contributed by atoms with Gasteiger partial charge in [-0.25, -0.2) is 4.79 Å². The molecule has 4 nitrogen and oxygen atoms in total. The van der Waals surface area contributed by atoms with E-state index in [1.165, 1.54) is 7.11 Å². The van der Waals surface area contributed by atoms with E-state index in [0.29, 0.717) is 11.6 Å². The van der Waals surface area contributed by atoms with E-state index >= 15 is 0 Å². The number of carbonyl (C=O) groups is 1. The molecule has 1 atom stereocenters. The van der Waals surface area contributed by atoms with Crippen molar-refractivity contribution in [2.75, 3.05) is 25.5 Å². The van der Waals surface area contributed by atoms with Gasteiger partial charge < -0.3 is 15.4 Å². The fourth-order valence-electron chi connectivity index (χ4n) is 2.26. The summed E-state index contributed by atoms with van der Waals surface area (Å²) in [7, 11) is 1.39. The molecule has 0 radical (unpaired) electrons. The molecule has 2 aromatic carbocycles. The third-order valence-corrected chi connectivity index (χ3v) is 3.79. The van der Waals surface area contributed by atoms with Gasteiger partial charge in [-0.1, -0.05) is 18.2 Å². The highest BCUT2D eigenvalue weighted by atomic mass is 32.1. The molecule has 122 valence electrons. The van der Waals surface area contributed by atoms with E-state index in [4.69, 9.17) is 0 Å². The summed E-state index contributed by atoms with van der Waals surface area (Å²) in [5, 5.41) is 6.71. The Morgan fingerprint density at radius 1 is 1.17 bits per heavy atom. The predicted molar refractivity (Wildman–Crippen MR) is 96.4 cm³/mol. The van der Waals surface area contributed by atoms with Crippen molar-refractivity contribution in [3.8, 4) is 0 Å². The topological polar surface area (TPSA) is 50.4 Å². The highest BCUT2D eigenvalue weighted by Gasteiger charge is 2.13. The smallest absolute Gasteiger partial charge is 0.337 e. The van der Waals surface area contributed by atoms with Crippen LogP contribution in [0.5, 0.6) is 0 Å². The molecule has 0 saturated carbocycles. The van der Waals surface area contributed by atoms with Gasteiger partial charge in [0, 0.05) is 23.2 Å². The van der Waals surface area contributed by atoms with Crippen molar-refractivity contribution in [1.82, 2.24) is 5.32 Å². The molecule has 2 N–H and O–H groups in total. The predicted octanol–water partition coefficient (Wildman–Crippen LogP) is 3.22. The highest BCUT2D eigenvalue weighted by molar-refractivity contribution is 7.80. The van der Waals surface area contributed by atoms with Gasteiger partial charge in [0.05, 0.1) is 12.7 Å². The van der Waals surface area contributed by atoms with E-state index < -0.39 is 0 Å². The summed E-state index contributed by atoms with van der Waals surface area (Å²) in [4.78, 5) is 12.2. The van der Waals surface area contributed by atoms with Crippen LogP contribution in [0.3, 0.4) is 0 Å². The lowest BCUT2D eigenvalue weighted by Gasteiger charge is -2.12. The van der Waals surface area contributed by atoms with Crippen molar-refractivity contribution in [2.24, 2.45) is 0 Å². The second-order valence-corrected chi connectivity index (χ2v) is 5.75. The maximum absolute atomic E-state index is 11.2. The second-order valence-electron chi connectivity index (χ2n) is 5.24. The molecular weight excluding hydrogens is 308 g/mol. The molecule has 0 amide bonds. The fraction of sp³-hybridized carbons (Fsp3) is 0.278. The van der Waals surface area contributed by atoms with Crippen molar-refractivity contribution in [2.45, 2.75) is 17.4 Å². The monoisotopic (exact) mass is 330 g/mol. The van der Waals surface area contributed by atoms with E-state index in [0.717, 1.165) is 30.1 Å². The Balaban J connectivity index is 0.000000229. The van der Waals surface area contributed by atoms with Crippen LogP contribution in [0.2, 0.25) is 0 Å². The van der Waals surface area contributed by atoms with E-state index in [-0.39, 0.29) is 5.97 Å². The summed E-state index contributed by atoms with van der Waals surface area (Å²) < 4.78 is 4.64. The van der Waals surface area contributed by atoms with Crippen LogP contribution in [0, 0.1) is 0 Å². The molecule has 0 aromatic heterocycles. The summed E-state index contributed by atoms with van der Waals surface area (Å²) in [6.07, 6.45) is 1.14. The van der Waals surface area contributed by atoms with Crippen molar-refractivity contribution >= 4 is 24.3 Å². The molecule has 0 bridgehead atoms. The van der Waals surface area contributed by atoms with Gasteiger partial charge in [-0.2, -0.15) is 0 Å². The molecule has 23 heavy (non-hydrogen) atoms. The average Bonchev–Trinajstić information content (AvgIpc) is 3.09. The van der Waals surface area contributed by atoms with Crippen LogP contribution in [0.25, 0.3) is 0 Å². The average molecular weight is 330 g/mol. The summed E-state index contributed by atoms with van der Waals surface area (Å²) in [6.45, 7) is 2.07. The number of esters is 1. The zero-order valence-electron chi connectivity index (χ0n) is 13.2. The largest absolute Gasteiger partial charge is 0.465 e. The number of thiol groups is 1. The Morgan fingerprint density at radius 3 is 2.35 bits per heavy atom. The molecule has 0 aliphatic carbocycles. The zero-order chi connectivity index (χ0) is 16.5. The number of anilines is 1. The molecule has 1 fully saturated rings. The van der Waals surface area contributed by atoms with Crippen LogP contribution in [-0.4, -0.2) is 32.2 Å². The van der Waals surface area contributed by atoms with E-state index in [9.17, 15) is 4.79 Å². The summed E-state index contributed by atoms with van der Waals surface area (Å²) in [5.74, 6) is -0.297. The minimum Gasteiger partial charge on any atom is -0.465 e. The van der Waals surface area contributed by atoms with Gasteiger partial charge in [-0.05, 0) is 49.4 Å². The van der Waals surface area contributed by atoms with E-state index in [1.54, 1.807) is 12.1 Å². The summed E-state index contributed by atoms with van der Waals surface area (Å²) in [6, 6.07) is 17.6. The molecule has 2 aromatic rings. The first-order valence-electron chi connectivity index (χ1n) is 7.58. The van der Waals surface area contributed by atoms with Crippen LogP contribution >= 0.6 is 12.6 Å². The van der Waals surface area contributed by atoms with E-state index in [2.05, 4.69) is 28.0 Å². The van der Waals surface area contributed by atoms with Crippen molar-refractivity contribution < 1.29 is 9.53 Å². The van der Waals surface area contributed by atoms with Crippen molar-refractivity contribution in [3.05, 3.63) is 60.2 Å². The molecule has 1 saturated heterocycles. The Hall–Kier alpha value is -1.98. The van der Waals surface area contributed by atoms with Gasteiger partial charge in [-0.3, -0.25) is 0 Å². The third kappa shape index (κ3) is 5.96. The first-order valence-corrected chi connectivity index (χ1v) is 8.03. The lowest BCUT2D eigenvalue weighted by atomic mass is 10.2. The van der Waals surface area contributed by atoms with Gasteiger partial charge in [0.25, 0.3) is 0 Å². The van der Waals surface area contributed by atoms with Crippen molar-refractivity contribution in [1.29, 1.82) is 0 Å². The number of rotatable bonds is 3. The number of hydrogen-bond donors (Lipinski definition) is 3. The Morgan fingerprint density at radius 2 is 1.87 bits per heavy atom. The lowest BCUT2D eigenvalue weighted by molar-refractivity contribution is 0.0601. The van der Waals surface area contributed by atoms with Gasteiger partial charge in [0.1, 0.15) is 0 Å². The minimum absolute atomic E-state index is 0.297. The first kappa shape index (κ1) is 17.4. The number of benzene rings is 2. The highest BCUT2D eigenvalue weighted by Crippen LogP contribution is 2.13. The molecule has 3 rings (SSSR count). The lowest BCUT2D eigenvalue weighted by Crippen LogP contribution is -2.22. The quantitative estimate of drug-likeness (QED) is 0.597. The summed E-state index contributed by atoms with van der Waals surface area (Å²) >= 11 is 4.08. The van der Waals surface area contributed by atoms with Crippen LogP contribution in [0.15, 0.2) is 59.5 Å². The first-order chi connectivity index (χ1) is 11.2. The molecule has 1 aliphatic heterocycles. The third-order valence-electron chi connectivity index (χ3n) is 3.49. The van der Waals surface area contributed by atoms with Crippen LogP contribution in [0.4, 0.5) is 5.69 Å². The molecule has 1 heterocycles. The van der Waals surface area contributed by atoms with Gasteiger partial charge in [0.15, 0.2) is 0 Å². The molecule has 1 aliphatic rings. The number of hydrogen-bond acceptors (Lipinski definition) is 5. The van der Waals surface area contributed by atoms with E-state index in [1.807, 2.05) is 42.5 Å². The minimum atomic E-state index is -0.297. The van der Waals surface area contributed by atoms with Crippen LogP contribution in [0.1, 0.15) is 16.8 Å². The fourth-order valence-corrected chi connectivity index (χ4v) is 2.43. The number of methoxy groups -OCH3 is 1. The van der Waals surface area contributed by atoms with Gasteiger partial charge in [0.2, 0.25) is 0 Å².